The minimum Gasteiger partial charge on any atom is -0.267 e. The van der Waals surface area contributed by atoms with Crippen LogP contribution in [-0.4, -0.2) is 41.6 Å². The van der Waals surface area contributed by atoms with Crippen molar-refractivity contribution in [2.45, 2.75) is 51.7 Å². The molecule has 0 rings (SSSR count). The summed E-state index contributed by atoms with van der Waals surface area (Å²) in [5, 5.41) is 0. The molecule has 110 valence electrons. The Hall–Kier alpha value is -0.180. The Kier molecular flexibility index (Phi) is 7.34. The molecule has 6 nitrogen and oxygen atoms in total. The second kappa shape index (κ2) is 7.42. The second-order valence-corrected chi connectivity index (χ2v) is 7.44. The zero-order valence-electron chi connectivity index (χ0n) is 11.2. The summed E-state index contributed by atoms with van der Waals surface area (Å²) in [5.41, 5.74) is 0. The summed E-state index contributed by atoms with van der Waals surface area (Å²) in [6.07, 6.45) is 3.11. The van der Waals surface area contributed by atoms with Crippen molar-refractivity contribution in [1.29, 1.82) is 0 Å². The van der Waals surface area contributed by atoms with Crippen LogP contribution in [0.1, 0.15) is 39.5 Å². The fraction of sp³-hybridized carbons (Fsp3) is 1.00. The third-order valence-corrected chi connectivity index (χ3v) is 3.59. The molecule has 8 heteroatoms. The van der Waals surface area contributed by atoms with E-state index in [0.717, 1.165) is 12.5 Å². The van der Waals surface area contributed by atoms with E-state index in [9.17, 15) is 16.8 Å². The minimum absolute atomic E-state index is 0.433. The lowest BCUT2D eigenvalue weighted by Gasteiger charge is -2.18. The standard InChI is InChI=1S/C10H22O6S2/c1-5-9(15-17(3,11)12)7-8-10(6-2)16-18(4,13)14/h9-10H,5-8H2,1-4H3/t9-,10-/m0/s1. The third-order valence-electron chi connectivity index (χ3n) is 2.34. The molecule has 0 saturated heterocycles. The maximum atomic E-state index is 11.0. The Bertz CT molecular complexity index is 383. The molecular weight excluding hydrogens is 280 g/mol. The van der Waals surface area contributed by atoms with Crippen LogP contribution in [0, 0.1) is 0 Å². The number of hydrogen-bond acceptors (Lipinski definition) is 6. The van der Waals surface area contributed by atoms with Gasteiger partial charge in [-0.2, -0.15) is 16.8 Å². The van der Waals surface area contributed by atoms with Gasteiger partial charge in [0.1, 0.15) is 0 Å². The molecule has 2 atom stereocenters. The third kappa shape index (κ3) is 9.81. The van der Waals surface area contributed by atoms with E-state index in [-0.39, 0.29) is 0 Å². The van der Waals surface area contributed by atoms with Crippen molar-refractivity contribution in [3.8, 4) is 0 Å². The quantitative estimate of drug-likeness (QED) is 0.596. The highest BCUT2D eigenvalue weighted by atomic mass is 32.2. The van der Waals surface area contributed by atoms with Crippen LogP contribution in [0.4, 0.5) is 0 Å². The average Bonchev–Trinajstić information content (AvgIpc) is 2.18. The summed E-state index contributed by atoms with van der Waals surface area (Å²) in [7, 11) is -6.97. The molecule has 18 heavy (non-hydrogen) atoms. The molecular formula is C10H22O6S2. The molecule has 0 aliphatic carbocycles. The highest BCUT2D eigenvalue weighted by Gasteiger charge is 2.18. The lowest BCUT2D eigenvalue weighted by molar-refractivity contribution is 0.145. The Morgan fingerprint density at radius 1 is 0.778 bits per heavy atom. The molecule has 0 aliphatic rings. The molecule has 0 aromatic rings. The predicted molar refractivity (Wildman–Crippen MR) is 69.2 cm³/mol. The van der Waals surface area contributed by atoms with Crippen LogP contribution in [0.25, 0.3) is 0 Å². The zero-order valence-corrected chi connectivity index (χ0v) is 12.9. The fourth-order valence-electron chi connectivity index (χ4n) is 1.51. The zero-order chi connectivity index (χ0) is 14.4. The predicted octanol–water partition coefficient (Wildman–Crippen LogP) is 1.28. The van der Waals surface area contributed by atoms with Crippen LogP contribution < -0.4 is 0 Å². The van der Waals surface area contributed by atoms with Gasteiger partial charge in [-0.3, -0.25) is 8.37 Å². The highest BCUT2D eigenvalue weighted by molar-refractivity contribution is 7.86. The maximum Gasteiger partial charge on any atom is 0.264 e. The van der Waals surface area contributed by atoms with Crippen molar-refractivity contribution in [2.24, 2.45) is 0 Å². The average molecular weight is 302 g/mol. The summed E-state index contributed by atoms with van der Waals surface area (Å²) in [6, 6.07) is 0. The first-order chi connectivity index (χ1) is 8.07. The van der Waals surface area contributed by atoms with Gasteiger partial charge in [0.2, 0.25) is 0 Å². The normalized spacial score (nSPS) is 16.4. The summed E-state index contributed by atoms with van der Waals surface area (Å²) < 4.78 is 53.7. The van der Waals surface area contributed by atoms with Crippen molar-refractivity contribution in [1.82, 2.24) is 0 Å². The summed E-state index contributed by atoms with van der Waals surface area (Å²) in [5.74, 6) is 0. The SMILES string of the molecule is CC[C@@H](CC[C@H](CC)OS(C)(=O)=O)OS(C)(=O)=O. The Balaban J connectivity index is 4.33. The molecule has 0 radical (unpaired) electrons. The van der Waals surface area contributed by atoms with Gasteiger partial charge in [0.15, 0.2) is 0 Å². The van der Waals surface area contributed by atoms with E-state index in [4.69, 9.17) is 8.37 Å². The van der Waals surface area contributed by atoms with Crippen molar-refractivity contribution in [3.63, 3.8) is 0 Å². The van der Waals surface area contributed by atoms with Gasteiger partial charge in [-0.15, -0.1) is 0 Å². The second-order valence-electron chi connectivity index (χ2n) is 4.24. The van der Waals surface area contributed by atoms with Crippen LogP contribution in [0.2, 0.25) is 0 Å². The van der Waals surface area contributed by atoms with Crippen molar-refractivity contribution in [3.05, 3.63) is 0 Å². The molecule has 0 fully saturated rings. The molecule has 0 unspecified atom stereocenters. The van der Waals surface area contributed by atoms with Gasteiger partial charge in [-0.1, -0.05) is 13.8 Å². The smallest absolute Gasteiger partial charge is 0.264 e. The summed E-state index contributed by atoms with van der Waals surface area (Å²) in [6.45, 7) is 3.63. The molecule has 0 aromatic heterocycles. The molecule has 0 bridgehead atoms. The van der Waals surface area contributed by atoms with Crippen LogP contribution in [0.3, 0.4) is 0 Å². The van der Waals surface area contributed by atoms with Crippen molar-refractivity contribution >= 4 is 20.2 Å². The van der Waals surface area contributed by atoms with Crippen molar-refractivity contribution < 1.29 is 25.2 Å². The molecule has 0 aliphatic heterocycles. The van der Waals surface area contributed by atoms with E-state index in [1.165, 1.54) is 0 Å². The topological polar surface area (TPSA) is 86.7 Å². The highest BCUT2D eigenvalue weighted by Crippen LogP contribution is 2.16. The Morgan fingerprint density at radius 3 is 1.22 bits per heavy atom. The monoisotopic (exact) mass is 302 g/mol. The Morgan fingerprint density at radius 2 is 1.06 bits per heavy atom. The van der Waals surface area contributed by atoms with Gasteiger partial charge >= 0.3 is 0 Å². The van der Waals surface area contributed by atoms with E-state index in [1.54, 1.807) is 0 Å². The lowest BCUT2D eigenvalue weighted by atomic mass is 10.1. The van der Waals surface area contributed by atoms with E-state index in [2.05, 4.69) is 0 Å². The van der Waals surface area contributed by atoms with Crippen LogP contribution >= 0.6 is 0 Å². The lowest BCUT2D eigenvalue weighted by Crippen LogP contribution is -2.22. The maximum absolute atomic E-state index is 11.0. The van der Waals surface area contributed by atoms with Gasteiger partial charge < -0.3 is 0 Å². The first-order valence-corrected chi connectivity index (χ1v) is 9.47. The van der Waals surface area contributed by atoms with Gasteiger partial charge in [-0.25, -0.2) is 0 Å². The largest absolute Gasteiger partial charge is 0.267 e. The first kappa shape index (κ1) is 17.8. The number of hydrogen-bond donors (Lipinski definition) is 0. The van der Waals surface area contributed by atoms with Gasteiger partial charge in [0, 0.05) is 0 Å². The molecule has 0 amide bonds. The number of rotatable bonds is 9. The first-order valence-electron chi connectivity index (χ1n) is 5.84. The van der Waals surface area contributed by atoms with E-state index in [0.29, 0.717) is 25.7 Å². The van der Waals surface area contributed by atoms with E-state index in [1.807, 2.05) is 13.8 Å². The fourth-order valence-corrected chi connectivity index (χ4v) is 2.96. The van der Waals surface area contributed by atoms with E-state index >= 15 is 0 Å². The molecule has 0 spiro atoms. The molecule has 0 saturated carbocycles. The summed E-state index contributed by atoms with van der Waals surface area (Å²) in [4.78, 5) is 0. The molecule has 0 aromatic carbocycles. The van der Waals surface area contributed by atoms with Gasteiger partial charge in [0.25, 0.3) is 20.2 Å². The summed E-state index contributed by atoms with van der Waals surface area (Å²) >= 11 is 0. The molecule has 0 N–H and O–H groups in total. The van der Waals surface area contributed by atoms with E-state index < -0.39 is 32.4 Å². The van der Waals surface area contributed by atoms with Gasteiger partial charge in [0.05, 0.1) is 24.7 Å². The van der Waals surface area contributed by atoms with Crippen LogP contribution in [-0.2, 0) is 28.6 Å². The Labute approximate surface area is 110 Å². The van der Waals surface area contributed by atoms with Crippen LogP contribution in [0.5, 0.6) is 0 Å². The minimum atomic E-state index is -3.48. The van der Waals surface area contributed by atoms with Crippen molar-refractivity contribution in [2.75, 3.05) is 12.5 Å². The van der Waals surface area contributed by atoms with Crippen LogP contribution in [0.15, 0.2) is 0 Å². The molecule has 0 heterocycles. The van der Waals surface area contributed by atoms with Gasteiger partial charge in [-0.05, 0) is 25.7 Å².